The number of rotatable bonds is 7. The Morgan fingerprint density at radius 3 is 2.17 bits per heavy atom. The molecule has 128 valence electrons. The van der Waals surface area contributed by atoms with Gasteiger partial charge in [-0.05, 0) is 74.7 Å². The van der Waals surface area contributed by atoms with Crippen LogP contribution in [0.25, 0.3) is 0 Å². The number of hydrogen-bond donors (Lipinski definition) is 1. The van der Waals surface area contributed by atoms with Crippen molar-refractivity contribution in [3.05, 3.63) is 53.6 Å². The van der Waals surface area contributed by atoms with Crippen LogP contribution in [-0.2, 0) is 4.79 Å². The maximum absolute atomic E-state index is 12.5. The smallest absolute Gasteiger partial charge is 0.265 e. The van der Waals surface area contributed by atoms with E-state index >= 15 is 0 Å². The van der Waals surface area contributed by atoms with Crippen LogP contribution in [0.15, 0.2) is 42.5 Å². The largest absolute Gasteiger partial charge is 0.494 e. The van der Waals surface area contributed by atoms with Crippen LogP contribution >= 0.6 is 0 Å². The van der Waals surface area contributed by atoms with Gasteiger partial charge in [0, 0.05) is 5.69 Å². The molecule has 0 fully saturated rings. The van der Waals surface area contributed by atoms with Gasteiger partial charge >= 0.3 is 0 Å². The molecule has 24 heavy (non-hydrogen) atoms. The quantitative estimate of drug-likeness (QED) is 0.814. The van der Waals surface area contributed by atoms with Crippen LogP contribution in [0.3, 0.4) is 0 Å². The summed E-state index contributed by atoms with van der Waals surface area (Å²) >= 11 is 0. The minimum atomic E-state index is -0.530. The predicted molar refractivity (Wildman–Crippen MR) is 96.9 cm³/mol. The van der Waals surface area contributed by atoms with Gasteiger partial charge in [-0.2, -0.15) is 0 Å². The summed E-state index contributed by atoms with van der Waals surface area (Å²) in [7, 11) is 0. The van der Waals surface area contributed by atoms with E-state index in [1.54, 1.807) is 0 Å². The first-order valence-electron chi connectivity index (χ1n) is 8.30. The Kier molecular flexibility index (Phi) is 6.24. The van der Waals surface area contributed by atoms with Crippen LogP contribution < -0.4 is 14.8 Å². The first-order valence-corrected chi connectivity index (χ1v) is 8.30. The fourth-order valence-corrected chi connectivity index (χ4v) is 2.51. The number of aryl methyl sites for hydroxylation is 2. The summed E-state index contributed by atoms with van der Waals surface area (Å²) in [6.45, 7) is 8.52. The summed E-state index contributed by atoms with van der Waals surface area (Å²) in [4.78, 5) is 12.5. The van der Waals surface area contributed by atoms with Crippen molar-refractivity contribution < 1.29 is 14.3 Å². The van der Waals surface area contributed by atoms with Gasteiger partial charge in [-0.1, -0.05) is 13.0 Å². The van der Waals surface area contributed by atoms with E-state index in [4.69, 9.17) is 9.47 Å². The van der Waals surface area contributed by atoms with Crippen molar-refractivity contribution in [3.8, 4) is 11.5 Å². The number of carbonyl (C=O) groups excluding carboxylic acids is 1. The topological polar surface area (TPSA) is 47.6 Å². The Morgan fingerprint density at radius 1 is 1.00 bits per heavy atom. The Morgan fingerprint density at radius 2 is 1.62 bits per heavy atom. The molecule has 0 heterocycles. The first kappa shape index (κ1) is 17.9. The van der Waals surface area contributed by atoms with E-state index in [1.807, 2.05) is 64.1 Å². The molecule has 2 aromatic rings. The molecule has 1 atom stereocenters. The van der Waals surface area contributed by atoms with E-state index < -0.39 is 6.10 Å². The molecule has 0 aliphatic carbocycles. The molecule has 0 aliphatic rings. The van der Waals surface area contributed by atoms with Crippen molar-refractivity contribution in [3.63, 3.8) is 0 Å². The highest BCUT2D eigenvalue weighted by atomic mass is 16.5. The van der Waals surface area contributed by atoms with Gasteiger partial charge in [0.25, 0.3) is 5.91 Å². The molecular weight excluding hydrogens is 302 g/mol. The monoisotopic (exact) mass is 327 g/mol. The number of amides is 1. The van der Waals surface area contributed by atoms with Crippen molar-refractivity contribution >= 4 is 11.6 Å². The zero-order valence-corrected chi connectivity index (χ0v) is 14.8. The average molecular weight is 327 g/mol. The van der Waals surface area contributed by atoms with Crippen molar-refractivity contribution in [1.82, 2.24) is 0 Å². The number of anilines is 1. The maximum atomic E-state index is 12.5. The second-order valence-electron chi connectivity index (χ2n) is 5.78. The zero-order valence-electron chi connectivity index (χ0n) is 14.8. The number of benzene rings is 2. The third-order valence-electron chi connectivity index (χ3n) is 3.57. The maximum Gasteiger partial charge on any atom is 0.265 e. The normalized spacial score (nSPS) is 11.7. The minimum absolute atomic E-state index is 0.152. The lowest BCUT2D eigenvalue weighted by molar-refractivity contribution is -0.122. The Balaban J connectivity index is 2.02. The van der Waals surface area contributed by atoms with E-state index in [9.17, 15) is 4.79 Å². The third-order valence-corrected chi connectivity index (χ3v) is 3.57. The summed E-state index contributed by atoms with van der Waals surface area (Å²) in [5.41, 5.74) is 2.96. The minimum Gasteiger partial charge on any atom is -0.494 e. The Bertz CT molecular complexity index is 660. The highest BCUT2D eigenvalue weighted by Gasteiger charge is 2.18. The molecular formula is C20H25NO3. The molecule has 2 aromatic carbocycles. The Labute approximate surface area is 143 Å². The number of ether oxygens (including phenoxy) is 2. The van der Waals surface area contributed by atoms with Gasteiger partial charge in [0.2, 0.25) is 0 Å². The van der Waals surface area contributed by atoms with E-state index in [2.05, 4.69) is 11.4 Å². The van der Waals surface area contributed by atoms with Crippen LogP contribution in [-0.4, -0.2) is 18.6 Å². The van der Waals surface area contributed by atoms with E-state index in [0.717, 1.165) is 28.3 Å². The summed E-state index contributed by atoms with van der Waals surface area (Å²) in [6.07, 6.45) is 0.0633. The van der Waals surface area contributed by atoms with Crippen LogP contribution in [0.5, 0.6) is 11.5 Å². The summed E-state index contributed by atoms with van der Waals surface area (Å²) in [6, 6.07) is 13.3. The van der Waals surface area contributed by atoms with Crippen LogP contribution in [0.4, 0.5) is 5.69 Å². The van der Waals surface area contributed by atoms with Crippen LogP contribution in [0.2, 0.25) is 0 Å². The molecule has 1 unspecified atom stereocenters. The van der Waals surface area contributed by atoms with E-state index in [0.29, 0.717) is 13.0 Å². The van der Waals surface area contributed by atoms with Crippen molar-refractivity contribution in [2.24, 2.45) is 0 Å². The molecule has 4 nitrogen and oxygen atoms in total. The third kappa shape index (κ3) is 5.01. The van der Waals surface area contributed by atoms with Crippen molar-refractivity contribution in [2.45, 2.75) is 40.2 Å². The first-order chi connectivity index (χ1) is 11.5. The number of carbonyl (C=O) groups is 1. The van der Waals surface area contributed by atoms with Gasteiger partial charge in [0.05, 0.1) is 6.61 Å². The number of nitrogens with one attached hydrogen (secondary N) is 1. The number of hydrogen-bond acceptors (Lipinski definition) is 3. The van der Waals surface area contributed by atoms with Crippen molar-refractivity contribution in [1.29, 1.82) is 0 Å². The molecule has 0 saturated carbocycles. The molecule has 0 saturated heterocycles. The zero-order chi connectivity index (χ0) is 17.5. The van der Waals surface area contributed by atoms with Gasteiger partial charge < -0.3 is 14.8 Å². The molecule has 1 amide bonds. The Hall–Kier alpha value is -2.49. The van der Waals surface area contributed by atoms with Gasteiger partial charge in [-0.25, -0.2) is 0 Å². The standard InChI is InChI=1S/C20H25NO3/c1-5-19(24-18-12-14(3)11-15(4)13-18)20(22)21-16-7-9-17(10-8-16)23-6-2/h7-13,19H,5-6H2,1-4H3,(H,21,22). The molecule has 0 aromatic heterocycles. The van der Waals surface area contributed by atoms with Gasteiger partial charge in [-0.15, -0.1) is 0 Å². The SMILES string of the molecule is CCOc1ccc(NC(=O)C(CC)Oc2cc(C)cc(C)c2)cc1. The molecule has 0 aliphatic heterocycles. The highest BCUT2D eigenvalue weighted by molar-refractivity contribution is 5.94. The molecule has 4 heteroatoms. The summed E-state index contributed by atoms with van der Waals surface area (Å²) in [5, 5.41) is 2.89. The summed E-state index contributed by atoms with van der Waals surface area (Å²) < 4.78 is 11.3. The van der Waals surface area contributed by atoms with Crippen LogP contribution in [0, 0.1) is 13.8 Å². The van der Waals surface area contributed by atoms with E-state index in [-0.39, 0.29) is 5.91 Å². The molecule has 2 rings (SSSR count). The highest BCUT2D eigenvalue weighted by Crippen LogP contribution is 2.20. The average Bonchev–Trinajstić information content (AvgIpc) is 2.53. The van der Waals surface area contributed by atoms with Gasteiger partial charge in [-0.3, -0.25) is 4.79 Å². The van der Waals surface area contributed by atoms with Gasteiger partial charge in [0.15, 0.2) is 6.10 Å². The molecule has 1 N–H and O–H groups in total. The van der Waals surface area contributed by atoms with Gasteiger partial charge in [0.1, 0.15) is 11.5 Å². The molecule has 0 bridgehead atoms. The lowest BCUT2D eigenvalue weighted by atomic mass is 10.1. The fraction of sp³-hybridized carbons (Fsp3) is 0.350. The lowest BCUT2D eigenvalue weighted by Gasteiger charge is -2.18. The molecule has 0 spiro atoms. The second-order valence-corrected chi connectivity index (χ2v) is 5.78. The van der Waals surface area contributed by atoms with Crippen LogP contribution in [0.1, 0.15) is 31.4 Å². The second kappa shape index (κ2) is 8.39. The lowest BCUT2D eigenvalue weighted by Crippen LogP contribution is -2.32. The van der Waals surface area contributed by atoms with Crippen molar-refractivity contribution in [2.75, 3.05) is 11.9 Å². The fourth-order valence-electron chi connectivity index (χ4n) is 2.51. The molecule has 0 radical (unpaired) electrons. The predicted octanol–water partition coefficient (Wildman–Crippen LogP) is 4.50. The van der Waals surface area contributed by atoms with E-state index in [1.165, 1.54) is 0 Å². The summed E-state index contributed by atoms with van der Waals surface area (Å²) in [5.74, 6) is 1.36.